The first-order chi connectivity index (χ1) is 14.0. The molecule has 0 radical (unpaired) electrons. The Morgan fingerprint density at radius 3 is 2.41 bits per heavy atom. The molecule has 2 aromatic heterocycles. The summed E-state index contributed by atoms with van der Waals surface area (Å²) < 4.78 is 1.11. The summed E-state index contributed by atoms with van der Waals surface area (Å²) >= 11 is 1.49. The average molecular weight is 404 g/mol. The number of amides is 1. The Bertz CT molecular complexity index is 1130. The van der Waals surface area contributed by atoms with Crippen LogP contribution in [0.4, 0.5) is 23.0 Å². The third kappa shape index (κ3) is 4.35. The summed E-state index contributed by atoms with van der Waals surface area (Å²) in [5, 5.41) is 7.32. The Labute approximate surface area is 173 Å². The maximum atomic E-state index is 12.6. The minimum Gasteiger partial charge on any atom is -0.363 e. The Hall–Kier alpha value is -3.45. The fourth-order valence-corrected chi connectivity index (χ4v) is 3.87. The van der Waals surface area contributed by atoms with Crippen molar-refractivity contribution >= 4 is 50.3 Å². The molecule has 0 atom stereocenters. The summed E-state index contributed by atoms with van der Waals surface area (Å²) in [6.07, 6.45) is 0. The molecule has 4 rings (SSSR count). The highest BCUT2D eigenvalue weighted by atomic mass is 32.1. The second-order valence-corrected chi connectivity index (χ2v) is 7.94. The van der Waals surface area contributed by atoms with Crippen LogP contribution in [0.25, 0.3) is 10.1 Å². The van der Waals surface area contributed by atoms with Gasteiger partial charge in [-0.2, -0.15) is 0 Å². The van der Waals surface area contributed by atoms with Crippen LogP contribution >= 0.6 is 11.3 Å². The van der Waals surface area contributed by atoms with Crippen molar-refractivity contribution in [3.8, 4) is 0 Å². The van der Waals surface area contributed by atoms with Gasteiger partial charge in [0.1, 0.15) is 17.5 Å². The number of aromatic nitrogens is 2. The van der Waals surface area contributed by atoms with Crippen LogP contribution in [-0.4, -0.2) is 30.0 Å². The standard InChI is InChI=1S/C22H21N5OS/c1-14-23-20(13-21(24-14)27(2)3)25-16-8-10-17(11-9-16)26-22(28)19-12-15-6-4-5-7-18(15)29-19/h4-13H,1-3H3,(H,26,28)(H,23,24,25). The predicted molar refractivity (Wildman–Crippen MR) is 121 cm³/mol. The number of nitrogens with zero attached hydrogens (tertiary/aromatic N) is 3. The Morgan fingerprint density at radius 2 is 1.69 bits per heavy atom. The van der Waals surface area contributed by atoms with E-state index in [4.69, 9.17) is 0 Å². The third-order valence-electron chi connectivity index (χ3n) is 4.35. The van der Waals surface area contributed by atoms with Gasteiger partial charge in [0.2, 0.25) is 0 Å². The van der Waals surface area contributed by atoms with Crippen molar-refractivity contribution in [3.63, 3.8) is 0 Å². The van der Waals surface area contributed by atoms with Gasteiger partial charge in [-0.25, -0.2) is 9.97 Å². The molecule has 0 unspecified atom stereocenters. The molecular weight excluding hydrogens is 382 g/mol. The van der Waals surface area contributed by atoms with Crippen molar-refractivity contribution in [2.75, 3.05) is 29.6 Å². The van der Waals surface area contributed by atoms with Crippen LogP contribution in [-0.2, 0) is 0 Å². The van der Waals surface area contributed by atoms with Crippen molar-refractivity contribution in [1.82, 2.24) is 9.97 Å². The third-order valence-corrected chi connectivity index (χ3v) is 5.46. The number of aryl methyl sites for hydroxylation is 1. The molecule has 2 aromatic carbocycles. The number of rotatable bonds is 5. The molecule has 0 aliphatic heterocycles. The van der Waals surface area contributed by atoms with Crippen LogP contribution in [0.2, 0.25) is 0 Å². The number of thiophene rings is 1. The normalized spacial score (nSPS) is 10.7. The Balaban J connectivity index is 1.46. The van der Waals surface area contributed by atoms with Gasteiger partial charge in [-0.3, -0.25) is 4.79 Å². The molecule has 4 aromatic rings. The van der Waals surface area contributed by atoms with Gasteiger partial charge >= 0.3 is 0 Å². The van der Waals surface area contributed by atoms with Gasteiger partial charge in [-0.15, -0.1) is 11.3 Å². The highest BCUT2D eigenvalue weighted by Gasteiger charge is 2.10. The van der Waals surface area contributed by atoms with Gasteiger partial charge in [0.05, 0.1) is 4.88 Å². The van der Waals surface area contributed by atoms with E-state index in [1.807, 2.05) is 86.6 Å². The zero-order valence-corrected chi connectivity index (χ0v) is 17.2. The second-order valence-electron chi connectivity index (χ2n) is 6.86. The zero-order valence-electron chi connectivity index (χ0n) is 16.4. The van der Waals surface area contributed by atoms with Gasteiger partial charge in [0, 0.05) is 36.2 Å². The van der Waals surface area contributed by atoms with Crippen molar-refractivity contribution in [1.29, 1.82) is 0 Å². The maximum absolute atomic E-state index is 12.6. The number of benzene rings is 2. The van der Waals surface area contributed by atoms with Crippen molar-refractivity contribution in [2.24, 2.45) is 0 Å². The summed E-state index contributed by atoms with van der Waals surface area (Å²) in [7, 11) is 3.89. The zero-order chi connectivity index (χ0) is 20.4. The van der Waals surface area contributed by atoms with E-state index in [2.05, 4.69) is 20.6 Å². The molecule has 0 fully saturated rings. The van der Waals surface area contributed by atoms with Gasteiger partial charge in [0.15, 0.2) is 0 Å². The monoisotopic (exact) mass is 403 g/mol. The number of fused-ring (bicyclic) bond motifs is 1. The van der Waals surface area contributed by atoms with E-state index >= 15 is 0 Å². The molecule has 6 nitrogen and oxygen atoms in total. The van der Waals surface area contributed by atoms with E-state index in [1.54, 1.807) is 0 Å². The lowest BCUT2D eigenvalue weighted by molar-refractivity contribution is 0.103. The fraction of sp³-hybridized carbons (Fsp3) is 0.136. The topological polar surface area (TPSA) is 70.2 Å². The molecule has 0 spiro atoms. The minimum absolute atomic E-state index is 0.103. The first kappa shape index (κ1) is 18.9. The summed E-state index contributed by atoms with van der Waals surface area (Å²) in [6.45, 7) is 1.87. The van der Waals surface area contributed by atoms with E-state index in [-0.39, 0.29) is 5.91 Å². The molecule has 2 N–H and O–H groups in total. The molecule has 29 heavy (non-hydrogen) atoms. The van der Waals surface area contributed by atoms with Gasteiger partial charge in [-0.05, 0) is 48.7 Å². The Morgan fingerprint density at radius 1 is 0.966 bits per heavy atom. The summed E-state index contributed by atoms with van der Waals surface area (Å²) in [5.74, 6) is 2.16. The van der Waals surface area contributed by atoms with Crippen molar-refractivity contribution in [2.45, 2.75) is 6.92 Å². The summed E-state index contributed by atoms with van der Waals surface area (Å²) in [6, 6.07) is 19.4. The molecule has 0 saturated heterocycles. The molecule has 2 heterocycles. The number of hydrogen-bond acceptors (Lipinski definition) is 6. The second kappa shape index (κ2) is 7.89. The highest BCUT2D eigenvalue weighted by Crippen LogP contribution is 2.26. The van der Waals surface area contributed by atoms with Crippen molar-refractivity contribution < 1.29 is 4.79 Å². The lowest BCUT2D eigenvalue weighted by atomic mass is 10.2. The molecule has 7 heteroatoms. The minimum atomic E-state index is -0.103. The van der Waals surface area contributed by atoms with E-state index in [0.717, 1.165) is 33.1 Å². The lowest BCUT2D eigenvalue weighted by Crippen LogP contribution is -2.12. The quantitative estimate of drug-likeness (QED) is 0.487. The van der Waals surface area contributed by atoms with E-state index < -0.39 is 0 Å². The number of anilines is 4. The molecule has 0 bridgehead atoms. The average Bonchev–Trinajstić information content (AvgIpc) is 3.13. The molecule has 1 amide bonds. The van der Waals surface area contributed by atoms with Crippen LogP contribution in [0.5, 0.6) is 0 Å². The smallest absolute Gasteiger partial charge is 0.265 e. The van der Waals surface area contributed by atoms with E-state index in [9.17, 15) is 4.79 Å². The van der Waals surface area contributed by atoms with Gasteiger partial charge in [-0.1, -0.05) is 18.2 Å². The van der Waals surface area contributed by atoms with Gasteiger partial charge in [0.25, 0.3) is 5.91 Å². The van der Waals surface area contributed by atoms with Crippen LogP contribution in [0.1, 0.15) is 15.5 Å². The number of carbonyl (C=O) groups is 1. The number of hydrogen-bond donors (Lipinski definition) is 2. The van der Waals surface area contributed by atoms with Gasteiger partial charge < -0.3 is 15.5 Å². The highest BCUT2D eigenvalue weighted by molar-refractivity contribution is 7.20. The molecule has 0 aliphatic carbocycles. The van der Waals surface area contributed by atoms with Crippen molar-refractivity contribution in [3.05, 3.63) is 71.4 Å². The molecule has 0 saturated carbocycles. The predicted octanol–water partition coefficient (Wildman–Crippen LogP) is 5.06. The van der Waals surface area contributed by atoms with Crippen LogP contribution in [0.3, 0.4) is 0 Å². The Kier molecular flexibility index (Phi) is 5.14. The number of nitrogens with one attached hydrogen (secondary N) is 2. The van der Waals surface area contributed by atoms with Crippen LogP contribution < -0.4 is 15.5 Å². The molecule has 146 valence electrons. The largest absolute Gasteiger partial charge is 0.363 e. The first-order valence-electron chi connectivity index (χ1n) is 9.18. The van der Waals surface area contributed by atoms with Crippen LogP contribution in [0, 0.1) is 6.92 Å². The van der Waals surface area contributed by atoms with E-state index in [0.29, 0.717) is 10.7 Å². The summed E-state index contributed by atoms with van der Waals surface area (Å²) in [5.41, 5.74) is 1.62. The van der Waals surface area contributed by atoms with Crippen LogP contribution in [0.15, 0.2) is 60.7 Å². The molecule has 0 aliphatic rings. The first-order valence-corrected chi connectivity index (χ1v) is 9.99. The summed E-state index contributed by atoms with van der Waals surface area (Å²) in [4.78, 5) is 24.0. The van der Waals surface area contributed by atoms with E-state index in [1.165, 1.54) is 11.3 Å². The molecular formula is C22H21N5OS. The fourth-order valence-electron chi connectivity index (χ4n) is 2.92. The SMILES string of the molecule is Cc1nc(Nc2ccc(NC(=O)c3cc4ccccc4s3)cc2)cc(N(C)C)n1. The lowest BCUT2D eigenvalue weighted by Gasteiger charge is -2.14. The number of carbonyl (C=O) groups excluding carboxylic acids is 1. The maximum Gasteiger partial charge on any atom is 0.265 e.